The molecule has 0 aliphatic carbocycles. The lowest BCUT2D eigenvalue weighted by molar-refractivity contribution is 0.235. The van der Waals surface area contributed by atoms with Crippen molar-refractivity contribution in [2.45, 2.75) is 32.4 Å². The molecule has 1 unspecified atom stereocenters. The normalized spacial score (nSPS) is 20.9. The Morgan fingerprint density at radius 1 is 1.32 bits per heavy atom. The third-order valence-corrected chi connectivity index (χ3v) is 3.82. The number of nitrogens with zero attached hydrogens (tertiary/aromatic N) is 1. The topological polar surface area (TPSA) is 27.3 Å². The van der Waals surface area contributed by atoms with Gasteiger partial charge in [0.05, 0.1) is 0 Å². The molecule has 0 amide bonds. The van der Waals surface area contributed by atoms with E-state index >= 15 is 0 Å². The summed E-state index contributed by atoms with van der Waals surface area (Å²) < 4.78 is 0. The first-order valence-electron chi connectivity index (χ1n) is 7.36. The third-order valence-electron chi connectivity index (χ3n) is 3.82. The lowest BCUT2D eigenvalue weighted by Gasteiger charge is -2.31. The van der Waals surface area contributed by atoms with Gasteiger partial charge in [0.15, 0.2) is 0 Å². The van der Waals surface area contributed by atoms with E-state index in [4.69, 9.17) is 0 Å². The Labute approximate surface area is 117 Å². The Morgan fingerprint density at radius 2 is 2.05 bits per heavy atom. The molecule has 106 valence electrons. The molecule has 19 heavy (non-hydrogen) atoms. The molecule has 1 heterocycles. The molecule has 1 aromatic carbocycles. The fraction of sp³-hybridized carbons (Fsp3) is 0.625. The maximum atomic E-state index is 3.56. The van der Waals surface area contributed by atoms with Crippen molar-refractivity contribution in [3.05, 3.63) is 35.4 Å². The van der Waals surface area contributed by atoms with Crippen LogP contribution < -0.4 is 10.6 Å². The molecular weight excluding hydrogens is 234 g/mol. The van der Waals surface area contributed by atoms with Crippen molar-refractivity contribution in [2.24, 2.45) is 0 Å². The van der Waals surface area contributed by atoms with Gasteiger partial charge >= 0.3 is 0 Å². The van der Waals surface area contributed by atoms with Gasteiger partial charge in [0, 0.05) is 38.8 Å². The van der Waals surface area contributed by atoms with Crippen molar-refractivity contribution in [3.63, 3.8) is 0 Å². The lowest BCUT2D eigenvalue weighted by Crippen LogP contribution is -2.52. The summed E-state index contributed by atoms with van der Waals surface area (Å²) in [5.41, 5.74) is 2.79. The van der Waals surface area contributed by atoms with E-state index in [-0.39, 0.29) is 0 Å². The van der Waals surface area contributed by atoms with E-state index in [0.717, 1.165) is 32.7 Å². The highest BCUT2D eigenvalue weighted by Gasteiger charge is 2.15. The Balaban J connectivity index is 1.73. The summed E-state index contributed by atoms with van der Waals surface area (Å²) in [5, 5.41) is 7.11. The molecule has 1 saturated heterocycles. The monoisotopic (exact) mass is 261 g/mol. The quantitative estimate of drug-likeness (QED) is 0.846. The second-order valence-electron chi connectivity index (χ2n) is 5.94. The molecule has 2 N–H and O–H groups in total. The molecule has 1 atom stereocenters. The number of hydrogen-bond acceptors (Lipinski definition) is 3. The zero-order valence-corrected chi connectivity index (χ0v) is 12.4. The number of rotatable bonds is 5. The fourth-order valence-corrected chi connectivity index (χ4v) is 2.54. The van der Waals surface area contributed by atoms with Crippen LogP contribution in [0.5, 0.6) is 0 Å². The molecule has 1 fully saturated rings. The van der Waals surface area contributed by atoms with Crippen LogP contribution in [0.4, 0.5) is 0 Å². The molecule has 0 aromatic heterocycles. The first-order chi connectivity index (χ1) is 9.15. The van der Waals surface area contributed by atoms with Gasteiger partial charge in [0.25, 0.3) is 0 Å². The van der Waals surface area contributed by atoms with E-state index in [2.05, 4.69) is 60.7 Å². The van der Waals surface area contributed by atoms with Crippen molar-refractivity contribution >= 4 is 0 Å². The molecule has 0 spiro atoms. The SMILES string of the molecule is CC(C)c1ccc(CNCC2CN(C)CCN2)cc1. The molecule has 3 nitrogen and oxygen atoms in total. The lowest BCUT2D eigenvalue weighted by atomic mass is 10.0. The van der Waals surface area contributed by atoms with E-state index in [0.29, 0.717) is 12.0 Å². The van der Waals surface area contributed by atoms with Crippen molar-refractivity contribution in [1.82, 2.24) is 15.5 Å². The first kappa shape index (κ1) is 14.5. The summed E-state index contributed by atoms with van der Waals surface area (Å²) in [4.78, 5) is 2.39. The smallest absolute Gasteiger partial charge is 0.0320 e. The first-order valence-corrected chi connectivity index (χ1v) is 7.36. The second-order valence-corrected chi connectivity index (χ2v) is 5.94. The zero-order valence-electron chi connectivity index (χ0n) is 12.4. The Kier molecular flexibility index (Phi) is 5.37. The highest BCUT2D eigenvalue weighted by Crippen LogP contribution is 2.14. The minimum absolute atomic E-state index is 0.577. The number of likely N-dealkylation sites (N-methyl/N-ethyl adjacent to an activating group) is 1. The van der Waals surface area contributed by atoms with Crippen LogP contribution in [0, 0.1) is 0 Å². The molecule has 1 aliphatic rings. The standard InChI is InChI=1S/C16H27N3/c1-13(2)15-6-4-14(5-7-15)10-17-11-16-12-19(3)9-8-18-16/h4-7,13,16-18H,8-12H2,1-3H3. The van der Waals surface area contributed by atoms with Gasteiger partial charge in [-0.3, -0.25) is 0 Å². The molecule has 2 rings (SSSR count). The van der Waals surface area contributed by atoms with Crippen LogP contribution in [0.15, 0.2) is 24.3 Å². The fourth-order valence-electron chi connectivity index (χ4n) is 2.54. The van der Waals surface area contributed by atoms with Crippen LogP contribution in [-0.2, 0) is 6.54 Å². The summed E-state index contributed by atoms with van der Waals surface area (Å²) in [6, 6.07) is 9.54. The molecule has 0 bridgehead atoms. The maximum Gasteiger partial charge on any atom is 0.0320 e. The Bertz CT molecular complexity index is 372. The highest BCUT2D eigenvalue weighted by molar-refractivity contribution is 5.24. The van der Waals surface area contributed by atoms with Crippen LogP contribution in [0.1, 0.15) is 30.9 Å². The van der Waals surface area contributed by atoms with E-state index < -0.39 is 0 Å². The minimum Gasteiger partial charge on any atom is -0.311 e. The summed E-state index contributed by atoms with van der Waals surface area (Å²) in [7, 11) is 2.19. The zero-order chi connectivity index (χ0) is 13.7. The van der Waals surface area contributed by atoms with Crippen molar-refractivity contribution < 1.29 is 0 Å². The van der Waals surface area contributed by atoms with Crippen LogP contribution in [0.25, 0.3) is 0 Å². The average Bonchev–Trinajstić information content (AvgIpc) is 2.39. The van der Waals surface area contributed by atoms with Gasteiger partial charge in [0.1, 0.15) is 0 Å². The Hall–Kier alpha value is -0.900. The predicted octanol–water partition coefficient (Wildman–Crippen LogP) is 1.80. The van der Waals surface area contributed by atoms with E-state index in [1.54, 1.807) is 0 Å². The van der Waals surface area contributed by atoms with Gasteiger partial charge in [-0.15, -0.1) is 0 Å². The predicted molar refractivity (Wildman–Crippen MR) is 81.5 cm³/mol. The van der Waals surface area contributed by atoms with E-state index in [1.165, 1.54) is 11.1 Å². The van der Waals surface area contributed by atoms with E-state index in [1.807, 2.05) is 0 Å². The van der Waals surface area contributed by atoms with Gasteiger partial charge in [-0.1, -0.05) is 38.1 Å². The summed E-state index contributed by atoms with van der Waals surface area (Å²) in [5.74, 6) is 0.615. The number of nitrogens with one attached hydrogen (secondary N) is 2. The van der Waals surface area contributed by atoms with Crippen molar-refractivity contribution in [3.8, 4) is 0 Å². The Morgan fingerprint density at radius 3 is 2.68 bits per heavy atom. The summed E-state index contributed by atoms with van der Waals surface area (Å²) in [6.07, 6.45) is 0. The third kappa shape index (κ3) is 4.60. The molecular formula is C16H27N3. The number of hydrogen-bond donors (Lipinski definition) is 2. The van der Waals surface area contributed by atoms with Gasteiger partial charge in [-0.2, -0.15) is 0 Å². The van der Waals surface area contributed by atoms with Crippen LogP contribution in [0.2, 0.25) is 0 Å². The average molecular weight is 261 g/mol. The van der Waals surface area contributed by atoms with Crippen LogP contribution >= 0.6 is 0 Å². The van der Waals surface area contributed by atoms with Crippen LogP contribution in [0.3, 0.4) is 0 Å². The van der Waals surface area contributed by atoms with Crippen molar-refractivity contribution in [2.75, 3.05) is 33.2 Å². The number of piperazine rings is 1. The molecule has 3 heteroatoms. The highest BCUT2D eigenvalue weighted by atomic mass is 15.2. The molecule has 0 saturated carbocycles. The summed E-state index contributed by atoms with van der Waals surface area (Å²) >= 11 is 0. The van der Waals surface area contributed by atoms with Gasteiger partial charge < -0.3 is 15.5 Å². The maximum absolute atomic E-state index is 3.56. The van der Waals surface area contributed by atoms with E-state index in [9.17, 15) is 0 Å². The van der Waals surface area contributed by atoms with Gasteiger partial charge in [-0.05, 0) is 24.1 Å². The van der Waals surface area contributed by atoms with Crippen LogP contribution in [-0.4, -0.2) is 44.2 Å². The summed E-state index contributed by atoms with van der Waals surface area (Å²) in [6.45, 7) is 9.87. The molecule has 1 aromatic rings. The van der Waals surface area contributed by atoms with Crippen molar-refractivity contribution in [1.29, 1.82) is 0 Å². The van der Waals surface area contributed by atoms with Gasteiger partial charge in [-0.25, -0.2) is 0 Å². The second kappa shape index (κ2) is 7.04. The molecule has 0 radical (unpaired) electrons. The molecule has 1 aliphatic heterocycles. The largest absolute Gasteiger partial charge is 0.311 e. The number of benzene rings is 1. The minimum atomic E-state index is 0.577. The van der Waals surface area contributed by atoms with Gasteiger partial charge in [0.2, 0.25) is 0 Å².